The molecule has 1 aromatic heterocycles. The molecule has 1 saturated heterocycles. The Balaban J connectivity index is 1.44. The van der Waals surface area contributed by atoms with Crippen molar-refractivity contribution in [1.29, 1.82) is 0 Å². The number of amides is 2. The summed E-state index contributed by atoms with van der Waals surface area (Å²) in [6.07, 6.45) is 1.55. The second-order valence-electron chi connectivity index (χ2n) is 9.58. The lowest BCUT2D eigenvalue weighted by Gasteiger charge is -2.46. The molecule has 1 aliphatic rings. The van der Waals surface area contributed by atoms with E-state index in [0.717, 1.165) is 5.69 Å². The van der Waals surface area contributed by atoms with Crippen LogP contribution in [0.1, 0.15) is 48.7 Å². The van der Waals surface area contributed by atoms with Gasteiger partial charge in [0.25, 0.3) is 11.8 Å². The van der Waals surface area contributed by atoms with Crippen LogP contribution in [0.2, 0.25) is 0 Å². The third kappa shape index (κ3) is 5.11. The second-order valence-corrected chi connectivity index (χ2v) is 9.58. The fourth-order valence-electron chi connectivity index (χ4n) is 4.06. The van der Waals surface area contributed by atoms with Gasteiger partial charge in [-0.15, -0.1) is 5.10 Å². The molecular formula is C26H31N5O3. The summed E-state index contributed by atoms with van der Waals surface area (Å²) in [5.41, 5.74) is 0.845. The molecular weight excluding hydrogens is 430 g/mol. The Labute approximate surface area is 200 Å². The zero-order valence-electron chi connectivity index (χ0n) is 20.1. The van der Waals surface area contributed by atoms with Crippen LogP contribution in [0.25, 0.3) is 5.69 Å². The molecule has 2 heterocycles. The molecule has 0 spiro atoms. The summed E-state index contributed by atoms with van der Waals surface area (Å²) >= 11 is 0. The first-order valence-corrected chi connectivity index (χ1v) is 11.6. The number of hydrogen-bond donors (Lipinski definition) is 0. The van der Waals surface area contributed by atoms with Gasteiger partial charge in [0.05, 0.1) is 17.8 Å². The van der Waals surface area contributed by atoms with Crippen LogP contribution in [0.4, 0.5) is 0 Å². The Kier molecular flexibility index (Phi) is 6.68. The number of ether oxygens (including phenoxy) is 1. The molecule has 34 heavy (non-hydrogen) atoms. The largest absolute Gasteiger partial charge is 0.493 e. The average molecular weight is 462 g/mol. The molecule has 0 aliphatic carbocycles. The van der Waals surface area contributed by atoms with Crippen LogP contribution in [0.15, 0.2) is 60.9 Å². The van der Waals surface area contributed by atoms with E-state index in [-0.39, 0.29) is 17.6 Å². The van der Waals surface area contributed by atoms with Gasteiger partial charge < -0.3 is 14.5 Å². The lowest BCUT2D eigenvalue weighted by Crippen LogP contribution is -2.62. The summed E-state index contributed by atoms with van der Waals surface area (Å²) in [7, 11) is 0. The zero-order chi connectivity index (χ0) is 24.3. The van der Waals surface area contributed by atoms with E-state index in [1.54, 1.807) is 32.9 Å². The summed E-state index contributed by atoms with van der Waals surface area (Å²) < 4.78 is 7.37. The van der Waals surface area contributed by atoms with Crippen LogP contribution >= 0.6 is 0 Å². The van der Waals surface area contributed by atoms with Gasteiger partial charge in [-0.3, -0.25) is 9.59 Å². The molecule has 2 amide bonds. The van der Waals surface area contributed by atoms with Crippen molar-refractivity contribution in [3.8, 4) is 11.4 Å². The van der Waals surface area contributed by atoms with Gasteiger partial charge in [0.15, 0.2) is 0 Å². The smallest absolute Gasteiger partial charge is 0.294 e. The minimum atomic E-state index is -0.574. The summed E-state index contributed by atoms with van der Waals surface area (Å²) in [6, 6.07) is 16.8. The third-order valence-electron chi connectivity index (χ3n) is 5.80. The van der Waals surface area contributed by atoms with Gasteiger partial charge in [0, 0.05) is 25.2 Å². The van der Waals surface area contributed by atoms with Crippen molar-refractivity contribution in [2.75, 3.05) is 26.2 Å². The number of carbonyl (C=O) groups is 2. The Hall–Kier alpha value is -3.68. The van der Waals surface area contributed by atoms with E-state index in [9.17, 15) is 9.59 Å². The molecule has 0 radical (unpaired) electrons. The molecule has 8 heteroatoms. The molecule has 0 bridgehead atoms. The number of carbonyl (C=O) groups excluding carboxylic acids is 2. The van der Waals surface area contributed by atoms with Gasteiger partial charge in [0.2, 0.25) is 5.82 Å². The molecule has 1 aliphatic heterocycles. The number of para-hydroxylation sites is 1. The maximum Gasteiger partial charge on any atom is 0.294 e. The summed E-state index contributed by atoms with van der Waals surface area (Å²) in [5.74, 6) is 0.927. The standard InChI is InChI=1S/C26H31N5O3/c1-19(2)16-34-22-12-8-9-20(15-22)24(32)29-13-14-30(26(3,4)17-29)25(33)23-27-18-31(28-23)21-10-6-5-7-11-21/h5-12,15,18-19H,13-14,16-17H2,1-4H3. The SMILES string of the molecule is CC(C)COc1cccc(C(=O)N2CCN(C(=O)c3ncn(-c4ccccc4)n3)C(C)(C)C2)c1. The highest BCUT2D eigenvalue weighted by Crippen LogP contribution is 2.25. The van der Waals surface area contributed by atoms with Crippen molar-refractivity contribution in [1.82, 2.24) is 24.6 Å². The Morgan fingerprint density at radius 1 is 1.03 bits per heavy atom. The van der Waals surface area contributed by atoms with Gasteiger partial charge in [-0.2, -0.15) is 0 Å². The van der Waals surface area contributed by atoms with Gasteiger partial charge >= 0.3 is 0 Å². The molecule has 0 N–H and O–H groups in total. The number of nitrogens with zero attached hydrogens (tertiary/aromatic N) is 5. The molecule has 8 nitrogen and oxygen atoms in total. The monoisotopic (exact) mass is 461 g/mol. The van der Waals surface area contributed by atoms with Crippen LogP contribution in [0.5, 0.6) is 5.75 Å². The average Bonchev–Trinajstić information content (AvgIpc) is 3.32. The van der Waals surface area contributed by atoms with E-state index in [2.05, 4.69) is 23.9 Å². The first kappa shape index (κ1) is 23.5. The molecule has 1 fully saturated rings. The minimum absolute atomic E-state index is 0.0679. The van der Waals surface area contributed by atoms with Crippen molar-refractivity contribution in [3.63, 3.8) is 0 Å². The van der Waals surface area contributed by atoms with E-state index in [1.165, 1.54) is 0 Å². The number of aromatic nitrogens is 3. The van der Waals surface area contributed by atoms with Gasteiger partial charge in [-0.25, -0.2) is 9.67 Å². The third-order valence-corrected chi connectivity index (χ3v) is 5.80. The van der Waals surface area contributed by atoms with Crippen LogP contribution in [0.3, 0.4) is 0 Å². The Morgan fingerprint density at radius 2 is 1.79 bits per heavy atom. The van der Waals surface area contributed by atoms with Crippen LogP contribution in [0, 0.1) is 5.92 Å². The normalized spacial score (nSPS) is 15.4. The van der Waals surface area contributed by atoms with Gasteiger partial charge in [0.1, 0.15) is 12.1 Å². The summed E-state index contributed by atoms with van der Waals surface area (Å²) in [5, 5.41) is 4.38. The number of benzene rings is 2. The minimum Gasteiger partial charge on any atom is -0.493 e. The van der Waals surface area contributed by atoms with Crippen molar-refractivity contribution >= 4 is 11.8 Å². The highest BCUT2D eigenvalue weighted by atomic mass is 16.5. The van der Waals surface area contributed by atoms with E-state index in [4.69, 9.17) is 4.74 Å². The van der Waals surface area contributed by atoms with Crippen LogP contribution in [-0.4, -0.2) is 68.2 Å². The first-order chi connectivity index (χ1) is 16.2. The Bertz CT molecular complexity index is 1160. The predicted molar refractivity (Wildman–Crippen MR) is 129 cm³/mol. The molecule has 3 aromatic rings. The number of hydrogen-bond acceptors (Lipinski definition) is 5. The maximum atomic E-state index is 13.2. The molecule has 0 atom stereocenters. The summed E-state index contributed by atoms with van der Waals surface area (Å²) in [6.45, 7) is 9.93. The van der Waals surface area contributed by atoms with E-state index in [0.29, 0.717) is 43.5 Å². The summed E-state index contributed by atoms with van der Waals surface area (Å²) in [4.78, 5) is 34.3. The van der Waals surface area contributed by atoms with Crippen molar-refractivity contribution in [2.24, 2.45) is 5.92 Å². The highest BCUT2D eigenvalue weighted by Gasteiger charge is 2.40. The lowest BCUT2D eigenvalue weighted by molar-refractivity contribution is 0.0160. The fourth-order valence-corrected chi connectivity index (χ4v) is 4.06. The molecule has 0 unspecified atom stereocenters. The second kappa shape index (κ2) is 9.67. The van der Waals surface area contributed by atoms with Crippen molar-refractivity contribution in [3.05, 3.63) is 72.3 Å². The lowest BCUT2D eigenvalue weighted by atomic mass is 9.97. The van der Waals surface area contributed by atoms with Crippen LogP contribution < -0.4 is 4.74 Å². The molecule has 2 aromatic carbocycles. The quantitative estimate of drug-likeness (QED) is 0.559. The van der Waals surface area contributed by atoms with Crippen molar-refractivity contribution in [2.45, 2.75) is 33.2 Å². The van der Waals surface area contributed by atoms with E-state index >= 15 is 0 Å². The topological polar surface area (TPSA) is 80.6 Å². The highest BCUT2D eigenvalue weighted by molar-refractivity contribution is 5.95. The molecule has 0 saturated carbocycles. The number of piperazine rings is 1. The first-order valence-electron chi connectivity index (χ1n) is 11.6. The molecule has 4 rings (SSSR count). The number of rotatable bonds is 6. The molecule has 178 valence electrons. The maximum absolute atomic E-state index is 13.2. The fraction of sp³-hybridized carbons (Fsp3) is 0.385. The van der Waals surface area contributed by atoms with Gasteiger partial charge in [-0.1, -0.05) is 38.1 Å². The predicted octanol–water partition coefficient (Wildman–Crippen LogP) is 3.68. The Morgan fingerprint density at radius 3 is 2.50 bits per heavy atom. The zero-order valence-corrected chi connectivity index (χ0v) is 20.1. The van der Waals surface area contributed by atoms with Crippen LogP contribution in [-0.2, 0) is 0 Å². The van der Waals surface area contributed by atoms with E-state index < -0.39 is 5.54 Å². The van der Waals surface area contributed by atoms with Gasteiger partial charge in [-0.05, 0) is 50.1 Å². The van der Waals surface area contributed by atoms with Crippen molar-refractivity contribution < 1.29 is 14.3 Å². The van der Waals surface area contributed by atoms with E-state index in [1.807, 2.05) is 56.3 Å².